The Morgan fingerprint density at radius 2 is 1.54 bits per heavy atom. The second-order valence-electron chi connectivity index (χ2n) is 7.42. The molecule has 3 aromatic rings. The maximum atomic E-state index is 12.4. The van der Waals surface area contributed by atoms with E-state index in [-0.39, 0.29) is 22.9 Å². The smallest absolute Gasteiger partial charge is 0.289 e. The van der Waals surface area contributed by atoms with Crippen molar-refractivity contribution < 1.29 is 9.47 Å². The highest BCUT2D eigenvalue weighted by Gasteiger charge is 2.19. The highest BCUT2D eigenvalue weighted by molar-refractivity contribution is 6.31. The summed E-state index contributed by atoms with van der Waals surface area (Å²) in [4.78, 5) is 12.4. The van der Waals surface area contributed by atoms with Crippen molar-refractivity contribution in [1.82, 2.24) is 9.78 Å². The molecular formula is C22H23ClN2O3. The van der Waals surface area contributed by atoms with Crippen LogP contribution in [0.3, 0.4) is 0 Å². The molecule has 6 heteroatoms. The first-order valence-electron chi connectivity index (χ1n) is 9.01. The largest absolute Gasteiger partial charge is 0.489 e. The Balaban J connectivity index is 1.61. The van der Waals surface area contributed by atoms with Crippen molar-refractivity contribution in [3.8, 4) is 11.5 Å². The zero-order valence-electron chi connectivity index (χ0n) is 16.2. The third kappa shape index (κ3) is 4.93. The van der Waals surface area contributed by atoms with Crippen LogP contribution in [0, 0.1) is 0 Å². The number of rotatable bonds is 6. The fourth-order valence-corrected chi connectivity index (χ4v) is 2.76. The molecule has 2 aromatic carbocycles. The average Bonchev–Trinajstić information content (AvgIpc) is 2.68. The van der Waals surface area contributed by atoms with E-state index in [1.165, 1.54) is 10.9 Å². The lowest BCUT2D eigenvalue weighted by molar-refractivity contribution is 0.291. The molecule has 3 rings (SSSR count). The standard InChI is InChI=1S/C22H23ClN2O3/c1-22(2,3)25-21(26)20(23)19(13-24-25)28-15-17-9-11-18(12-10-17)27-14-16-7-5-4-6-8-16/h4-13H,14-15H2,1-3H3. The van der Waals surface area contributed by atoms with E-state index in [1.807, 2.05) is 75.4 Å². The Bertz CT molecular complexity index is 977. The zero-order chi connectivity index (χ0) is 20.1. The molecule has 28 heavy (non-hydrogen) atoms. The molecule has 0 N–H and O–H groups in total. The third-order valence-electron chi connectivity index (χ3n) is 4.09. The first kappa shape index (κ1) is 20.0. The first-order valence-corrected chi connectivity index (χ1v) is 9.39. The van der Waals surface area contributed by atoms with Crippen molar-refractivity contribution in [1.29, 1.82) is 0 Å². The van der Waals surface area contributed by atoms with Gasteiger partial charge < -0.3 is 9.47 Å². The molecule has 146 valence electrons. The van der Waals surface area contributed by atoms with E-state index in [9.17, 15) is 4.79 Å². The topological polar surface area (TPSA) is 53.4 Å². The molecule has 0 bridgehead atoms. The predicted molar refractivity (Wildman–Crippen MR) is 110 cm³/mol. The van der Waals surface area contributed by atoms with Gasteiger partial charge in [-0.3, -0.25) is 4.79 Å². The van der Waals surface area contributed by atoms with E-state index in [1.54, 1.807) is 0 Å². The minimum Gasteiger partial charge on any atom is -0.489 e. The maximum absolute atomic E-state index is 12.4. The van der Waals surface area contributed by atoms with E-state index < -0.39 is 5.54 Å². The SMILES string of the molecule is CC(C)(C)n1ncc(OCc2ccc(OCc3ccccc3)cc2)c(Cl)c1=O. The normalized spacial score (nSPS) is 11.3. The lowest BCUT2D eigenvalue weighted by Gasteiger charge is -2.21. The van der Waals surface area contributed by atoms with Crippen molar-refractivity contribution >= 4 is 11.6 Å². The second-order valence-corrected chi connectivity index (χ2v) is 7.80. The van der Waals surface area contributed by atoms with Gasteiger partial charge in [-0.1, -0.05) is 54.1 Å². The van der Waals surface area contributed by atoms with Crippen LogP contribution in [-0.2, 0) is 18.8 Å². The maximum Gasteiger partial charge on any atom is 0.289 e. The number of ether oxygens (including phenoxy) is 2. The molecule has 0 unspecified atom stereocenters. The number of hydrogen-bond donors (Lipinski definition) is 0. The van der Waals surface area contributed by atoms with Gasteiger partial charge in [0.05, 0.1) is 11.7 Å². The molecule has 1 aromatic heterocycles. The van der Waals surface area contributed by atoms with Gasteiger partial charge >= 0.3 is 0 Å². The Morgan fingerprint density at radius 1 is 0.929 bits per heavy atom. The molecule has 0 radical (unpaired) electrons. The molecule has 0 atom stereocenters. The van der Waals surface area contributed by atoms with Gasteiger partial charge in [0, 0.05) is 0 Å². The van der Waals surface area contributed by atoms with Crippen LogP contribution >= 0.6 is 11.6 Å². The van der Waals surface area contributed by atoms with Crippen molar-refractivity contribution in [3.63, 3.8) is 0 Å². The van der Waals surface area contributed by atoms with Crippen molar-refractivity contribution in [2.24, 2.45) is 0 Å². The predicted octanol–water partition coefficient (Wildman–Crippen LogP) is 4.81. The van der Waals surface area contributed by atoms with E-state index in [4.69, 9.17) is 21.1 Å². The Kier molecular flexibility index (Phi) is 6.05. The lowest BCUT2D eigenvalue weighted by Crippen LogP contribution is -2.36. The monoisotopic (exact) mass is 398 g/mol. The van der Waals surface area contributed by atoms with Gasteiger partial charge in [0.1, 0.15) is 19.0 Å². The van der Waals surface area contributed by atoms with E-state index in [2.05, 4.69) is 5.10 Å². The summed E-state index contributed by atoms with van der Waals surface area (Å²) in [5.41, 5.74) is 1.23. The van der Waals surface area contributed by atoms with E-state index >= 15 is 0 Å². The van der Waals surface area contributed by atoms with Gasteiger partial charge in [0.2, 0.25) is 0 Å². The minimum atomic E-state index is -0.450. The second kappa shape index (κ2) is 8.48. The molecule has 0 fully saturated rings. The van der Waals surface area contributed by atoms with Crippen LogP contribution in [0.1, 0.15) is 31.9 Å². The molecule has 0 saturated heterocycles. The van der Waals surface area contributed by atoms with Gasteiger partial charge in [-0.15, -0.1) is 0 Å². The average molecular weight is 399 g/mol. The number of hydrogen-bond acceptors (Lipinski definition) is 4. The summed E-state index contributed by atoms with van der Waals surface area (Å²) in [6.07, 6.45) is 1.48. The first-order chi connectivity index (χ1) is 13.3. The molecule has 0 spiro atoms. The molecule has 1 heterocycles. The van der Waals surface area contributed by atoms with Crippen LogP contribution in [-0.4, -0.2) is 9.78 Å². The Labute approximate surface area is 169 Å². The van der Waals surface area contributed by atoms with Crippen LogP contribution < -0.4 is 15.0 Å². The van der Waals surface area contributed by atoms with E-state index in [0.29, 0.717) is 6.61 Å². The summed E-state index contributed by atoms with van der Waals surface area (Å²) in [6.45, 7) is 6.46. The number of benzene rings is 2. The molecule has 0 saturated carbocycles. The van der Waals surface area contributed by atoms with Crippen molar-refractivity contribution in [2.75, 3.05) is 0 Å². The summed E-state index contributed by atoms with van der Waals surface area (Å²) in [7, 11) is 0. The Hall–Kier alpha value is -2.79. The third-order valence-corrected chi connectivity index (χ3v) is 4.44. The van der Waals surface area contributed by atoms with Gasteiger partial charge in [-0.2, -0.15) is 5.10 Å². The summed E-state index contributed by atoms with van der Waals surface area (Å²) in [5, 5.41) is 4.20. The number of nitrogens with zero attached hydrogens (tertiary/aromatic N) is 2. The van der Waals surface area contributed by atoms with Crippen LogP contribution in [0.5, 0.6) is 11.5 Å². The van der Waals surface area contributed by atoms with Crippen molar-refractivity contribution in [2.45, 2.75) is 39.5 Å². The van der Waals surface area contributed by atoms with Gasteiger partial charge in [-0.05, 0) is 44.0 Å². The number of aromatic nitrogens is 2. The summed E-state index contributed by atoms with van der Waals surface area (Å²) < 4.78 is 12.8. The highest BCUT2D eigenvalue weighted by atomic mass is 35.5. The molecule has 0 amide bonds. The molecule has 0 aliphatic heterocycles. The molecular weight excluding hydrogens is 376 g/mol. The van der Waals surface area contributed by atoms with Crippen LogP contribution in [0.25, 0.3) is 0 Å². The fraction of sp³-hybridized carbons (Fsp3) is 0.273. The van der Waals surface area contributed by atoms with Gasteiger partial charge in [0.15, 0.2) is 10.8 Å². The number of halogens is 1. The summed E-state index contributed by atoms with van der Waals surface area (Å²) in [6, 6.07) is 17.6. The van der Waals surface area contributed by atoms with Crippen LogP contribution in [0.15, 0.2) is 65.6 Å². The Morgan fingerprint density at radius 3 is 2.18 bits per heavy atom. The summed E-state index contributed by atoms with van der Waals surface area (Å²) >= 11 is 6.18. The lowest BCUT2D eigenvalue weighted by atomic mass is 10.1. The zero-order valence-corrected chi connectivity index (χ0v) is 16.9. The van der Waals surface area contributed by atoms with Gasteiger partial charge in [0.25, 0.3) is 5.56 Å². The highest BCUT2D eigenvalue weighted by Crippen LogP contribution is 2.22. The quantitative estimate of drug-likeness (QED) is 0.598. The molecule has 0 aliphatic carbocycles. The van der Waals surface area contributed by atoms with Crippen LogP contribution in [0.2, 0.25) is 5.02 Å². The minimum absolute atomic E-state index is 0.0349. The summed E-state index contributed by atoms with van der Waals surface area (Å²) in [5.74, 6) is 1.05. The molecule has 0 aliphatic rings. The van der Waals surface area contributed by atoms with Crippen LogP contribution in [0.4, 0.5) is 0 Å². The van der Waals surface area contributed by atoms with E-state index in [0.717, 1.165) is 16.9 Å². The fourth-order valence-electron chi connectivity index (χ4n) is 2.58. The van der Waals surface area contributed by atoms with Crippen molar-refractivity contribution in [3.05, 3.63) is 87.3 Å². The molecule has 5 nitrogen and oxygen atoms in total. The van der Waals surface area contributed by atoms with Gasteiger partial charge in [-0.25, -0.2) is 4.68 Å².